The van der Waals surface area contributed by atoms with E-state index in [0.29, 0.717) is 11.8 Å². The van der Waals surface area contributed by atoms with Crippen LogP contribution >= 0.6 is 0 Å². The van der Waals surface area contributed by atoms with Gasteiger partial charge in [-0.05, 0) is 24.6 Å². The lowest BCUT2D eigenvalue weighted by Gasteiger charge is -1.99. The van der Waals surface area contributed by atoms with E-state index in [4.69, 9.17) is 5.11 Å². The van der Waals surface area contributed by atoms with E-state index >= 15 is 0 Å². The standard InChI is InChI=1S/C8H7FO2/c1-5-2-8(11)6(4-10)3-7(5)9/h2-4,11H,1H3. The fourth-order valence-corrected chi connectivity index (χ4v) is 0.776. The summed E-state index contributed by atoms with van der Waals surface area (Å²) in [5, 5.41) is 9.02. The molecule has 1 rings (SSSR count). The van der Waals surface area contributed by atoms with Gasteiger partial charge in [0.1, 0.15) is 11.6 Å². The Morgan fingerprint density at radius 3 is 2.73 bits per heavy atom. The minimum atomic E-state index is -0.482. The molecule has 0 atom stereocenters. The summed E-state index contributed by atoms with van der Waals surface area (Å²) in [5.41, 5.74) is 0.307. The molecule has 0 bridgehead atoms. The molecule has 0 saturated heterocycles. The summed E-state index contributed by atoms with van der Waals surface area (Å²) in [6, 6.07) is 2.23. The van der Waals surface area contributed by atoms with Crippen LogP contribution in [0, 0.1) is 12.7 Å². The summed E-state index contributed by atoms with van der Waals surface area (Å²) in [6.07, 6.45) is 0.415. The summed E-state index contributed by atoms with van der Waals surface area (Å²) in [4.78, 5) is 10.2. The zero-order valence-electron chi connectivity index (χ0n) is 5.97. The predicted octanol–water partition coefficient (Wildman–Crippen LogP) is 1.65. The number of halogens is 1. The number of benzene rings is 1. The van der Waals surface area contributed by atoms with Crippen molar-refractivity contribution in [1.29, 1.82) is 0 Å². The van der Waals surface area contributed by atoms with Crippen LogP contribution in [0.5, 0.6) is 5.75 Å². The Hall–Kier alpha value is -1.38. The molecule has 0 fully saturated rings. The summed E-state index contributed by atoms with van der Waals surface area (Å²) < 4.78 is 12.7. The van der Waals surface area contributed by atoms with Crippen molar-refractivity contribution in [3.63, 3.8) is 0 Å². The SMILES string of the molecule is Cc1cc(O)c(C=O)cc1F. The third-order valence-corrected chi connectivity index (χ3v) is 1.43. The number of phenolic OH excluding ortho intramolecular Hbond substituents is 1. The molecule has 2 nitrogen and oxygen atoms in total. The quantitative estimate of drug-likeness (QED) is 0.624. The minimum Gasteiger partial charge on any atom is -0.507 e. The van der Waals surface area contributed by atoms with Gasteiger partial charge in [0.25, 0.3) is 0 Å². The third kappa shape index (κ3) is 1.37. The zero-order chi connectivity index (χ0) is 8.43. The lowest BCUT2D eigenvalue weighted by atomic mass is 10.1. The zero-order valence-corrected chi connectivity index (χ0v) is 5.97. The molecule has 3 heteroatoms. The molecule has 0 amide bonds. The first-order valence-electron chi connectivity index (χ1n) is 3.09. The highest BCUT2D eigenvalue weighted by atomic mass is 19.1. The fourth-order valence-electron chi connectivity index (χ4n) is 0.776. The maximum absolute atomic E-state index is 12.7. The Morgan fingerprint density at radius 1 is 1.55 bits per heavy atom. The van der Waals surface area contributed by atoms with Gasteiger partial charge in [0.15, 0.2) is 6.29 Å². The average molecular weight is 154 g/mol. The molecule has 0 aliphatic carbocycles. The van der Waals surface area contributed by atoms with Crippen LogP contribution in [0.3, 0.4) is 0 Å². The molecule has 0 spiro atoms. The van der Waals surface area contributed by atoms with Crippen molar-refractivity contribution >= 4 is 6.29 Å². The normalized spacial score (nSPS) is 9.64. The number of aromatic hydroxyl groups is 1. The lowest BCUT2D eigenvalue weighted by molar-refractivity contribution is 0.112. The first-order valence-corrected chi connectivity index (χ1v) is 3.09. The van der Waals surface area contributed by atoms with Gasteiger partial charge in [0.05, 0.1) is 5.56 Å². The second-order valence-corrected chi connectivity index (χ2v) is 2.28. The summed E-state index contributed by atoms with van der Waals surface area (Å²) in [5.74, 6) is -0.663. The number of carbonyl (C=O) groups excluding carboxylic acids is 1. The van der Waals surface area contributed by atoms with Crippen LogP contribution in [0.15, 0.2) is 12.1 Å². The highest BCUT2D eigenvalue weighted by Crippen LogP contribution is 2.19. The van der Waals surface area contributed by atoms with E-state index in [2.05, 4.69) is 0 Å². The molecule has 0 aromatic heterocycles. The number of rotatable bonds is 1. The van der Waals surface area contributed by atoms with Gasteiger partial charge < -0.3 is 5.11 Å². The third-order valence-electron chi connectivity index (χ3n) is 1.43. The van der Waals surface area contributed by atoms with Gasteiger partial charge >= 0.3 is 0 Å². The molecule has 0 radical (unpaired) electrons. The summed E-state index contributed by atoms with van der Waals surface area (Å²) in [6.45, 7) is 1.52. The molecular weight excluding hydrogens is 147 g/mol. The molecule has 0 saturated carbocycles. The van der Waals surface area contributed by atoms with Crippen molar-refractivity contribution in [2.75, 3.05) is 0 Å². The second kappa shape index (κ2) is 2.70. The number of aryl methyl sites for hydroxylation is 1. The maximum atomic E-state index is 12.7. The highest BCUT2D eigenvalue weighted by Gasteiger charge is 2.04. The molecule has 0 heterocycles. The van der Waals surface area contributed by atoms with Crippen LogP contribution in [-0.2, 0) is 0 Å². The molecule has 11 heavy (non-hydrogen) atoms. The molecule has 1 N–H and O–H groups in total. The topological polar surface area (TPSA) is 37.3 Å². The van der Waals surface area contributed by atoms with E-state index in [1.807, 2.05) is 0 Å². The Bertz CT molecular complexity index is 294. The molecule has 0 aliphatic heterocycles. The number of hydrogen-bond acceptors (Lipinski definition) is 2. The Kier molecular flexibility index (Phi) is 1.89. The predicted molar refractivity (Wildman–Crippen MR) is 38.2 cm³/mol. The van der Waals surface area contributed by atoms with Crippen molar-refractivity contribution in [1.82, 2.24) is 0 Å². The number of hydrogen-bond donors (Lipinski definition) is 1. The van der Waals surface area contributed by atoms with Crippen LogP contribution < -0.4 is 0 Å². The van der Waals surface area contributed by atoms with Crippen LogP contribution in [0.25, 0.3) is 0 Å². The minimum absolute atomic E-state index is 0.0203. The number of aldehydes is 1. The van der Waals surface area contributed by atoms with E-state index in [-0.39, 0.29) is 11.3 Å². The van der Waals surface area contributed by atoms with Crippen LogP contribution in [0.1, 0.15) is 15.9 Å². The van der Waals surface area contributed by atoms with E-state index < -0.39 is 5.82 Å². The summed E-state index contributed by atoms with van der Waals surface area (Å²) >= 11 is 0. The molecule has 1 aromatic rings. The van der Waals surface area contributed by atoms with Crippen molar-refractivity contribution in [2.24, 2.45) is 0 Å². The smallest absolute Gasteiger partial charge is 0.153 e. The van der Waals surface area contributed by atoms with Crippen LogP contribution in [-0.4, -0.2) is 11.4 Å². The van der Waals surface area contributed by atoms with Gasteiger partial charge in [-0.25, -0.2) is 4.39 Å². The van der Waals surface area contributed by atoms with Crippen molar-refractivity contribution < 1.29 is 14.3 Å². The van der Waals surface area contributed by atoms with Gasteiger partial charge in [0, 0.05) is 0 Å². The van der Waals surface area contributed by atoms with Crippen LogP contribution in [0.2, 0.25) is 0 Å². The van der Waals surface area contributed by atoms with Gasteiger partial charge in [-0.15, -0.1) is 0 Å². The molecule has 0 aliphatic rings. The van der Waals surface area contributed by atoms with Crippen LogP contribution in [0.4, 0.5) is 4.39 Å². The molecular formula is C8H7FO2. The molecule has 1 aromatic carbocycles. The lowest BCUT2D eigenvalue weighted by Crippen LogP contribution is -1.87. The van der Waals surface area contributed by atoms with Gasteiger partial charge in [-0.1, -0.05) is 0 Å². The van der Waals surface area contributed by atoms with Gasteiger partial charge in [-0.3, -0.25) is 4.79 Å². The van der Waals surface area contributed by atoms with Gasteiger partial charge in [0.2, 0.25) is 0 Å². The molecule has 58 valence electrons. The summed E-state index contributed by atoms with van der Waals surface area (Å²) in [7, 11) is 0. The molecule has 0 unspecified atom stereocenters. The first kappa shape index (κ1) is 7.72. The van der Waals surface area contributed by atoms with E-state index in [1.54, 1.807) is 0 Å². The largest absolute Gasteiger partial charge is 0.507 e. The maximum Gasteiger partial charge on any atom is 0.153 e. The Balaban J connectivity index is 3.31. The highest BCUT2D eigenvalue weighted by molar-refractivity contribution is 5.79. The van der Waals surface area contributed by atoms with Crippen molar-refractivity contribution in [3.8, 4) is 5.75 Å². The van der Waals surface area contributed by atoms with E-state index in [1.165, 1.54) is 13.0 Å². The monoisotopic (exact) mass is 154 g/mol. The van der Waals surface area contributed by atoms with E-state index in [9.17, 15) is 9.18 Å². The van der Waals surface area contributed by atoms with Crippen molar-refractivity contribution in [3.05, 3.63) is 29.1 Å². The van der Waals surface area contributed by atoms with Gasteiger partial charge in [-0.2, -0.15) is 0 Å². The average Bonchev–Trinajstić information content (AvgIpc) is 1.97. The Morgan fingerprint density at radius 2 is 2.18 bits per heavy atom. The number of carbonyl (C=O) groups is 1. The number of phenols is 1. The van der Waals surface area contributed by atoms with Crippen molar-refractivity contribution in [2.45, 2.75) is 6.92 Å². The second-order valence-electron chi connectivity index (χ2n) is 2.28. The first-order chi connectivity index (χ1) is 5.15. The van der Waals surface area contributed by atoms with E-state index in [0.717, 1.165) is 6.07 Å². The fraction of sp³-hybridized carbons (Fsp3) is 0.125. The Labute approximate surface area is 63.3 Å².